The highest BCUT2D eigenvalue weighted by molar-refractivity contribution is 7.89. The Kier molecular flexibility index (Phi) is 5.96. The number of carbonyl (C=O) groups is 1. The fraction of sp³-hybridized carbons (Fsp3) is 0.273. The summed E-state index contributed by atoms with van der Waals surface area (Å²) in [7, 11) is -3.81. The van der Waals surface area contributed by atoms with Crippen LogP contribution in [0.1, 0.15) is 21.6 Å². The maximum absolute atomic E-state index is 13.3. The van der Waals surface area contributed by atoms with Gasteiger partial charge in [-0.05, 0) is 50.2 Å². The van der Waals surface area contributed by atoms with Crippen LogP contribution in [-0.2, 0) is 10.0 Å². The highest BCUT2D eigenvalue weighted by atomic mass is 35.5. The first-order chi connectivity index (χ1) is 14.7. The van der Waals surface area contributed by atoms with Gasteiger partial charge in [-0.3, -0.25) is 9.78 Å². The Labute approximate surface area is 191 Å². The van der Waals surface area contributed by atoms with E-state index in [1.165, 1.54) is 16.4 Å². The number of nitrogens with zero attached hydrogens (tertiary/aromatic N) is 3. The van der Waals surface area contributed by atoms with Crippen LogP contribution in [0, 0.1) is 13.8 Å². The molecule has 1 amide bonds. The fourth-order valence-electron chi connectivity index (χ4n) is 3.76. The van der Waals surface area contributed by atoms with E-state index in [0.29, 0.717) is 10.6 Å². The summed E-state index contributed by atoms with van der Waals surface area (Å²) in [4.78, 5) is 19.5. The van der Waals surface area contributed by atoms with Gasteiger partial charge in [0.05, 0.1) is 16.1 Å². The minimum Gasteiger partial charge on any atom is -0.336 e. The summed E-state index contributed by atoms with van der Waals surface area (Å²) in [5.41, 5.74) is 3.16. The van der Waals surface area contributed by atoms with Crippen LogP contribution in [0.4, 0.5) is 0 Å². The Morgan fingerprint density at radius 1 is 0.968 bits per heavy atom. The summed E-state index contributed by atoms with van der Waals surface area (Å²) in [6.07, 6.45) is 0. The zero-order chi connectivity index (χ0) is 22.3. The molecule has 0 atom stereocenters. The summed E-state index contributed by atoms with van der Waals surface area (Å²) in [5, 5.41) is 1.22. The van der Waals surface area contributed by atoms with Crippen LogP contribution in [0.3, 0.4) is 0 Å². The lowest BCUT2D eigenvalue weighted by molar-refractivity contribution is 0.0699. The molecular weight excluding hydrogens is 457 g/mol. The number of sulfonamides is 1. The topological polar surface area (TPSA) is 70.6 Å². The Bertz CT molecular complexity index is 1290. The molecule has 0 spiro atoms. The smallest absolute Gasteiger partial charge is 0.254 e. The minimum absolute atomic E-state index is 0.0207. The van der Waals surface area contributed by atoms with Crippen LogP contribution in [0.15, 0.2) is 47.4 Å². The second kappa shape index (κ2) is 8.39. The number of halogens is 2. The molecule has 0 unspecified atom stereocenters. The molecule has 9 heteroatoms. The van der Waals surface area contributed by atoms with Gasteiger partial charge in [0, 0.05) is 42.3 Å². The average molecular weight is 478 g/mol. The Morgan fingerprint density at radius 2 is 1.68 bits per heavy atom. The van der Waals surface area contributed by atoms with Crippen molar-refractivity contribution in [1.29, 1.82) is 0 Å². The number of aryl methyl sites for hydroxylation is 2. The van der Waals surface area contributed by atoms with Gasteiger partial charge in [0.25, 0.3) is 5.91 Å². The first-order valence-electron chi connectivity index (χ1n) is 9.79. The molecule has 1 saturated heterocycles. The molecular formula is C22H21Cl2N3O3S. The van der Waals surface area contributed by atoms with Crippen LogP contribution in [0.2, 0.25) is 10.0 Å². The number of aromatic nitrogens is 1. The number of benzene rings is 2. The lowest BCUT2D eigenvalue weighted by atomic mass is 10.0. The Balaban J connectivity index is 1.57. The summed E-state index contributed by atoms with van der Waals surface area (Å²) < 4.78 is 27.4. The predicted molar refractivity (Wildman–Crippen MR) is 122 cm³/mol. The maximum Gasteiger partial charge on any atom is 0.254 e. The van der Waals surface area contributed by atoms with Crippen molar-refractivity contribution < 1.29 is 13.2 Å². The molecule has 162 valence electrons. The van der Waals surface area contributed by atoms with E-state index >= 15 is 0 Å². The molecule has 3 aromatic rings. The van der Waals surface area contributed by atoms with E-state index in [-0.39, 0.29) is 42.0 Å². The van der Waals surface area contributed by atoms with Crippen LogP contribution >= 0.6 is 23.2 Å². The number of carbonyl (C=O) groups excluding carboxylic acids is 1. The lowest BCUT2D eigenvalue weighted by Crippen LogP contribution is -2.50. The third-order valence-electron chi connectivity index (χ3n) is 5.36. The number of hydrogen-bond donors (Lipinski definition) is 0. The number of pyridine rings is 1. The van der Waals surface area contributed by atoms with Gasteiger partial charge in [0.2, 0.25) is 10.0 Å². The molecule has 1 aliphatic heterocycles. The van der Waals surface area contributed by atoms with E-state index in [9.17, 15) is 13.2 Å². The van der Waals surface area contributed by atoms with Gasteiger partial charge < -0.3 is 4.90 Å². The Morgan fingerprint density at radius 3 is 2.39 bits per heavy atom. The monoisotopic (exact) mass is 477 g/mol. The summed E-state index contributed by atoms with van der Waals surface area (Å²) in [6.45, 7) is 4.75. The number of amides is 1. The van der Waals surface area contributed by atoms with Gasteiger partial charge in [-0.2, -0.15) is 4.31 Å². The first-order valence-corrected chi connectivity index (χ1v) is 12.0. The normalized spacial score (nSPS) is 15.4. The SMILES string of the molecule is Cc1ccc2nc(C)cc(C(=O)N3CCN(S(=O)(=O)c4cc(Cl)ccc4Cl)CC3)c2c1. The van der Waals surface area contributed by atoms with E-state index in [4.69, 9.17) is 23.2 Å². The van der Waals surface area contributed by atoms with Gasteiger partial charge in [0.1, 0.15) is 4.90 Å². The summed E-state index contributed by atoms with van der Waals surface area (Å²) in [5.74, 6) is -0.126. The average Bonchev–Trinajstić information content (AvgIpc) is 2.74. The number of hydrogen-bond acceptors (Lipinski definition) is 4. The molecule has 6 nitrogen and oxygen atoms in total. The highest BCUT2D eigenvalue weighted by Crippen LogP contribution is 2.29. The van der Waals surface area contributed by atoms with Gasteiger partial charge >= 0.3 is 0 Å². The lowest BCUT2D eigenvalue weighted by Gasteiger charge is -2.34. The first kappa shape index (κ1) is 22.0. The van der Waals surface area contributed by atoms with Crippen molar-refractivity contribution in [2.75, 3.05) is 26.2 Å². The van der Waals surface area contributed by atoms with Crippen molar-refractivity contribution >= 4 is 50.0 Å². The molecule has 1 aromatic heterocycles. The van der Waals surface area contributed by atoms with Gasteiger partial charge in [-0.1, -0.05) is 34.8 Å². The number of piperazine rings is 1. The molecule has 2 heterocycles. The predicted octanol–water partition coefficient (Wildman–Crippen LogP) is 4.31. The van der Waals surface area contributed by atoms with Gasteiger partial charge in [-0.15, -0.1) is 0 Å². The molecule has 0 saturated carbocycles. The summed E-state index contributed by atoms with van der Waals surface area (Å²) >= 11 is 12.1. The molecule has 2 aromatic carbocycles. The fourth-order valence-corrected chi connectivity index (χ4v) is 5.92. The molecule has 0 N–H and O–H groups in total. The minimum atomic E-state index is -3.81. The van der Waals surface area contributed by atoms with Gasteiger partial charge in [0.15, 0.2) is 0 Å². The van der Waals surface area contributed by atoms with Crippen molar-refractivity contribution in [3.05, 3.63) is 69.3 Å². The zero-order valence-corrected chi connectivity index (χ0v) is 19.4. The highest BCUT2D eigenvalue weighted by Gasteiger charge is 2.32. The second-order valence-corrected chi connectivity index (χ2v) is 10.4. The van der Waals surface area contributed by atoms with Crippen molar-refractivity contribution in [3.8, 4) is 0 Å². The standard InChI is InChI=1S/C22H21Cl2N3O3S/c1-14-3-6-20-17(11-14)18(12-15(2)25-20)22(28)26-7-9-27(10-8-26)31(29,30)21-13-16(23)4-5-19(21)24/h3-6,11-13H,7-10H2,1-2H3. The number of fused-ring (bicyclic) bond motifs is 1. The van der Waals surface area contributed by atoms with Crippen molar-refractivity contribution in [1.82, 2.24) is 14.2 Å². The molecule has 1 fully saturated rings. The zero-order valence-electron chi connectivity index (χ0n) is 17.1. The van der Waals surface area contributed by atoms with Crippen molar-refractivity contribution in [2.24, 2.45) is 0 Å². The molecule has 0 bridgehead atoms. The van der Waals surface area contributed by atoms with Crippen LogP contribution < -0.4 is 0 Å². The van der Waals surface area contributed by atoms with Crippen LogP contribution in [-0.4, -0.2) is 54.7 Å². The molecule has 0 aliphatic carbocycles. The number of rotatable bonds is 3. The van der Waals surface area contributed by atoms with E-state index in [0.717, 1.165) is 22.2 Å². The molecule has 31 heavy (non-hydrogen) atoms. The van der Waals surface area contributed by atoms with Crippen molar-refractivity contribution in [3.63, 3.8) is 0 Å². The summed E-state index contributed by atoms with van der Waals surface area (Å²) in [6, 6.07) is 12.0. The van der Waals surface area contributed by atoms with E-state index in [2.05, 4.69) is 4.98 Å². The molecule has 4 rings (SSSR count). The van der Waals surface area contributed by atoms with E-state index in [1.807, 2.05) is 32.0 Å². The van der Waals surface area contributed by atoms with Crippen LogP contribution in [0.5, 0.6) is 0 Å². The third-order valence-corrected chi connectivity index (χ3v) is 7.97. The second-order valence-electron chi connectivity index (χ2n) is 7.60. The third kappa shape index (κ3) is 4.28. The quantitative estimate of drug-likeness (QED) is 0.563. The van der Waals surface area contributed by atoms with Gasteiger partial charge in [-0.25, -0.2) is 8.42 Å². The van der Waals surface area contributed by atoms with E-state index < -0.39 is 10.0 Å². The van der Waals surface area contributed by atoms with Crippen LogP contribution in [0.25, 0.3) is 10.9 Å². The Hall–Kier alpha value is -2.19. The molecule has 0 radical (unpaired) electrons. The maximum atomic E-state index is 13.3. The largest absolute Gasteiger partial charge is 0.336 e. The molecule has 1 aliphatic rings. The van der Waals surface area contributed by atoms with Crippen molar-refractivity contribution in [2.45, 2.75) is 18.7 Å². The van der Waals surface area contributed by atoms with E-state index in [1.54, 1.807) is 17.0 Å².